The molecule has 1 aromatic carbocycles. The van der Waals surface area contributed by atoms with Crippen molar-refractivity contribution in [2.45, 2.75) is 63.7 Å². The number of amides is 3. The summed E-state index contributed by atoms with van der Waals surface area (Å²) in [4.78, 5) is 50.6. The van der Waals surface area contributed by atoms with Crippen LogP contribution in [0.4, 0.5) is 0 Å². The first-order chi connectivity index (χ1) is 17.1. The van der Waals surface area contributed by atoms with Gasteiger partial charge in [-0.25, -0.2) is 9.97 Å². The van der Waals surface area contributed by atoms with Crippen molar-refractivity contribution in [2.24, 2.45) is 0 Å². The summed E-state index contributed by atoms with van der Waals surface area (Å²) in [5, 5.41) is 5.75. The van der Waals surface area contributed by atoms with E-state index >= 15 is 0 Å². The van der Waals surface area contributed by atoms with Gasteiger partial charge in [-0.15, -0.1) is 0 Å². The van der Waals surface area contributed by atoms with E-state index in [1.54, 1.807) is 4.90 Å². The molecule has 0 bridgehead atoms. The highest BCUT2D eigenvalue weighted by molar-refractivity contribution is 6.05. The lowest BCUT2D eigenvalue weighted by atomic mass is 9.94. The van der Waals surface area contributed by atoms with Crippen molar-refractivity contribution < 1.29 is 14.4 Å². The Morgan fingerprint density at radius 2 is 1.91 bits per heavy atom. The quantitative estimate of drug-likeness (QED) is 0.643. The van der Waals surface area contributed by atoms with Gasteiger partial charge in [-0.05, 0) is 49.5 Å². The second kappa shape index (κ2) is 9.13. The van der Waals surface area contributed by atoms with Crippen molar-refractivity contribution >= 4 is 17.7 Å². The highest BCUT2D eigenvalue weighted by atomic mass is 16.2. The van der Waals surface area contributed by atoms with Gasteiger partial charge >= 0.3 is 0 Å². The van der Waals surface area contributed by atoms with Crippen molar-refractivity contribution in [3.05, 3.63) is 58.2 Å². The molecule has 2 fully saturated rings. The van der Waals surface area contributed by atoms with Crippen LogP contribution in [0.15, 0.2) is 24.4 Å². The van der Waals surface area contributed by atoms with E-state index in [0.717, 1.165) is 68.9 Å². The molecule has 2 N–H and O–H groups in total. The average Bonchev–Trinajstić information content (AvgIpc) is 3.21. The van der Waals surface area contributed by atoms with Gasteiger partial charge in [0.1, 0.15) is 11.9 Å². The number of hydrogen-bond acceptors (Lipinski definition) is 7. The van der Waals surface area contributed by atoms with Gasteiger partial charge in [0, 0.05) is 68.0 Å². The van der Waals surface area contributed by atoms with E-state index in [1.807, 2.05) is 18.3 Å². The molecule has 3 amide bonds. The highest BCUT2D eigenvalue weighted by Gasteiger charge is 2.40. The van der Waals surface area contributed by atoms with Crippen molar-refractivity contribution in [2.75, 3.05) is 19.6 Å². The molecule has 9 nitrogen and oxygen atoms in total. The van der Waals surface area contributed by atoms with E-state index in [-0.39, 0.29) is 24.1 Å². The first-order valence-electron chi connectivity index (χ1n) is 12.6. The lowest BCUT2D eigenvalue weighted by molar-refractivity contribution is -0.136. The maximum absolute atomic E-state index is 13.1. The van der Waals surface area contributed by atoms with E-state index in [0.29, 0.717) is 24.4 Å². The number of rotatable bonds is 4. The molecule has 0 aliphatic carbocycles. The van der Waals surface area contributed by atoms with E-state index in [9.17, 15) is 14.4 Å². The van der Waals surface area contributed by atoms with Crippen LogP contribution < -0.4 is 10.6 Å². The Labute approximate surface area is 204 Å². The van der Waals surface area contributed by atoms with Crippen LogP contribution in [0.2, 0.25) is 0 Å². The van der Waals surface area contributed by atoms with Crippen LogP contribution in [0.3, 0.4) is 0 Å². The summed E-state index contributed by atoms with van der Waals surface area (Å²) < 4.78 is 0. The second-order valence-electron chi connectivity index (χ2n) is 10.0. The number of nitrogens with one attached hydrogen (secondary N) is 2. The number of hydrogen-bond donors (Lipinski definition) is 2. The third-order valence-corrected chi connectivity index (χ3v) is 7.85. The van der Waals surface area contributed by atoms with Gasteiger partial charge in [-0.1, -0.05) is 12.1 Å². The van der Waals surface area contributed by atoms with Crippen molar-refractivity contribution in [3.63, 3.8) is 0 Å². The minimum Gasteiger partial charge on any atom is -0.322 e. The Balaban J connectivity index is 1.11. The van der Waals surface area contributed by atoms with Crippen molar-refractivity contribution in [1.29, 1.82) is 0 Å². The fourth-order valence-electron chi connectivity index (χ4n) is 5.84. The number of carbonyl (C=O) groups is 3. The standard InChI is InChI=1S/C26H30N6O3/c33-23-5-4-22(25(34)30-23)32-15-20-17(2-1-3-19(20)26(32)35)14-31-10-7-16(8-11-31)24-28-13-18-12-27-9-6-21(18)29-24/h1-3,13,16,22,27H,4-12,14-15H2,(H,30,33,34). The number of imide groups is 1. The molecule has 6 rings (SSSR count). The van der Waals surface area contributed by atoms with Gasteiger partial charge in [-0.3, -0.25) is 24.6 Å². The summed E-state index contributed by atoms with van der Waals surface area (Å²) in [7, 11) is 0. The molecule has 4 aliphatic heterocycles. The number of piperidine rings is 2. The molecule has 1 aromatic heterocycles. The van der Waals surface area contributed by atoms with Gasteiger partial charge in [-0.2, -0.15) is 0 Å². The Morgan fingerprint density at radius 3 is 2.74 bits per heavy atom. The lowest BCUT2D eigenvalue weighted by Gasteiger charge is -2.32. The monoisotopic (exact) mass is 474 g/mol. The topological polar surface area (TPSA) is 108 Å². The molecule has 0 radical (unpaired) electrons. The van der Waals surface area contributed by atoms with Crippen LogP contribution >= 0.6 is 0 Å². The number of fused-ring (bicyclic) bond motifs is 2. The number of aromatic nitrogens is 2. The molecule has 9 heteroatoms. The maximum atomic E-state index is 13.1. The van der Waals surface area contributed by atoms with Gasteiger partial charge in [0.2, 0.25) is 11.8 Å². The number of likely N-dealkylation sites (tertiary alicyclic amines) is 1. The van der Waals surface area contributed by atoms with Crippen LogP contribution in [0.1, 0.15) is 70.2 Å². The molecule has 4 aliphatic rings. The second-order valence-corrected chi connectivity index (χ2v) is 10.0. The average molecular weight is 475 g/mol. The SMILES string of the molecule is O=C1CCC(N2Cc3c(CN4CCC(c5ncc6c(n5)CCNC6)CC4)cccc3C2=O)C(=O)N1. The fraction of sp³-hybridized carbons (Fsp3) is 0.500. The van der Waals surface area contributed by atoms with E-state index < -0.39 is 6.04 Å². The Bertz CT molecular complexity index is 1190. The molecule has 0 saturated carbocycles. The zero-order chi connectivity index (χ0) is 23.9. The molecule has 35 heavy (non-hydrogen) atoms. The third-order valence-electron chi connectivity index (χ3n) is 7.85. The number of benzene rings is 1. The molecule has 2 saturated heterocycles. The molecular weight excluding hydrogens is 444 g/mol. The van der Waals surface area contributed by atoms with E-state index in [4.69, 9.17) is 4.98 Å². The minimum atomic E-state index is -0.580. The molecule has 5 heterocycles. The number of carbonyl (C=O) groups excluding carboxylic acids is 3. The number of nitrogens with zero attached hydrogens (tertiary/aromatic N) is 4. The van der Waals surface area contributed by atoms with Crippen LogP contribution in [0, 0.1) is 0 Å². The van der Waals surface area contributed by atoms with Crippen LogP contribution in [0.25, 0.3) is 0 Å². The Hall–Kier alpha value is -3.17. The highest BCUT2D eigenvalue weighted by Crippen LogP contribution is 2.32. The minimum absolute atomic E-state index is 0.116. The Kier molecular flexibility index (Phi) is 5.82. The Morgan fingerprint density at radius 1 is 1.06 bits per heavy atom. The van der Waals surface area contributed by atoms with E-state index in [1.165, 1.54) is 11.3 Å². The van der Waals surface area contributed by atoms with Crippen molar-refractivity contribution in [3.8, 4) is 0 Å². The largest absolute Gasteiger partial charge is 0.322 e. The molecule has 0 spiro atoms. The first-order valence-corrected chi connectivity index (χ1v) is 12.6. The molecular formula is C26H30N6O3. The summed E-state index contributed by atoms with van der Waals surface area (Å²) in [6.07, 6.45) is 5.66. The molecule has 2 aromatic rings. The lowest BCUT2D eigenvalue weighted by Crippen LogP contribution is -2.52. The van der Waals surface area contributed by atoms with Crippen LogP contribution in [-0.4, -0.2) is 63.2 Å². The van der Waals surface area contributed by atoms with Crippen LogP contribution in [-0.2, 0) is 35.6 Å². The summed E-state index contributed by atoms with van der Waals surface area (Å²) in [5.41, 5.74) is 5.24. The van der Waals surface area contributed by atoms with Gasteiger partial charge in [0.15, 0.2) is 0 Å². The fourth-order valence-corrected chi connectivity index (χ4v) is 5.84. The van der Waals surface area contributed by atoms with Gasteiger partial charge in [0.05, 0.1) is 0 Å². The molecule has 1 atom stereocenters. The normalized spacial score (nSPS) is 23.3. The first kappa shape index (κ1) is 22.3. The molecule has 1 unspecified atom stereocenters. The zero-order valence-electron chi connectivity index (χ0n) is 19.8. The maximum Gasteiger partial charge on any atom is 0.255 e. The van der Waals surface area contributed by atoms with E-state index in [2.05, 4.69) is 26.6 Å². The predicted molar refractivity (Wildman–Crippen MR) is 127 cm³/mol. The third kappa shape index (κ3) is 4.23. The molecule has 182 valence electrons. The zero-order valence-corrected chi connectivity index (χ0v) is 19.8. The van der Waals surface area contributed by atoms with Gasteiger partial charge < -0.3 is 10.2 Å². The van der Waals surface area contributed by atoms with Crippen LogP contribution in [0.5, 0.6) is 0 Å². The summed E-state index contributed by atoms with van der Waals surface area (Å²) in [5.74, 6) is 0.618. The summed E-state index contributed by atoms with van der Waals surface area (Å²) in [6.45, 7) is 4.96. The van der Waals surface area contributed by atoms with Crippen molar-refractivity contribution in [1.82, 2.24) is 30.4 Å². The summed E-state index contributed by atoms with van der Waals surface area (Å²) in [6, 6.07) is 5.29. The smallest absolute Gasteiger partial charge is 0.255 e. The van der Waals surface area contributed by atoms with Gasteiger partial charge in [0.25, 0.3) is 5.91 Å². The summed E-state index contributed by atoms with van der Waals surface area (Å²) >= 11 is 0. The predicted octanol–water partition coefficient (Wildman–Crippen LogP) is 1.26.